The van der Waals surface area contributed by atoms with Gasteiger partial charge in [0.05, 0.1) is 25.7 Å². The highest BCUT2D eigenvalue weighted by Gasteiger charge is 2.42. The lowest BCUT2D eigenvalue weighted by molar-refractivity contribution is -0.116. The Bertz CT molecular complexity index is 1210. The third-order valence-corrected chi connectivity index (χ3v) is 6.90. The maximum Gasteiger partial charge on any atom is 0.270 e. The van der Waals surface area contributed by atoms with Gasteiger partial charge in [-0.1, -0.05) is 18.2 Å². The van der Waals surface area contributed by atoms with E-state index in [-0.39, 0.29) is 17.3 Å². The summed E-state index contributed by atoms with van der Waals surface area (Å²) in [6, 6.07) is 9.62. The lowest BCUT2D eigenvalue weighted by Gasteiger charge is -2.34. The van der Waals surface area contributed by atoms with Gasteiger partial charge in [0.2, 0.25) is 0 Å². The fraction of sp³-hybridized carbons (Fsp3) is 0.273. The normalized spacial score (nSPS) is 20.4. The van der Waals surface area contributed by atoms with E-state index in [1.54, 1.807) is 31.6 Å². The Hall–Kier alpha value is -3.26. The Morgan fingerprint density at radius 2 is 1.90 bits per heavy atom. The van der Waals surface area contributed by atoms with Crippen molar-refractivity contribution in [2.24, 2.45) is 0 Å². The van der Waals surface area contributed by atoms with E-state index in [1.807, 2.05) is 23.6 Å². The number of ketones is 1. The van der Waals surface area contributed by atoms with Gasteiger partial charge in [-0.15, -0.1) is 11.3 Å². The molecule has 2 atom stereocenters. The minimum absolute atomic E-state index is 0.0447. The smallest absolute Gasteiger partial charge is 0.270 e. The predicted octanol–water partition coefficient (Wildman–Crippen LogP) is 3.74. The second-order valence-corrected chi connectivity index (χ2v) is 8.42. The number of aromatic nitrogens is 2. The number of carbonyl (C=O) groups excluding carboxylic acids is 1. The molecule has 5 rings (SSSR count). The van der Waals surface area contributed by atoms with Gasteiger partial charge in [0.15, 0.2) is 17.3 Å². The van der Waals surface area contributed by atoms with Crippen LogP contribution in [0.5, 0.6) is 11.5 Å². The minimum Gasteiger partial charge on any atom is -0.493 e. The Morgan fingerprint density at radius 3 is 2.63 bits per heavy atom. The van der Waals surface area contributed by atoms with Gasteiger partial charge in [0, 0.05) is 34.0 Å². The molecule has 2 aromatic heterocycles. The third-order valence-electron chi connectivity index (χ3n) is 5.87. The summed E-state index contributed by atoms with van der Waals surface area (Å²) >= 11 is 1.67. The SMILES string of the molecule is COc1cccc([C@H]2C3=C(C[C@H](c4cccs4)CC3=O)Nc3[nH][nH]c(=O)c32)c1OC. The zero-order valence-corrected chi connectivity index (χ0v) is 17.4. The van der Waals surface area contributed by atoms with Crippen molar-refractivity contribution in [2.75, 3.05) is 19.5 Å². The van der Waals surface area contributed by atoms with Crippen molar-refractivity contribution in [1.82, 2.24) is 10.2 Å². The number of H-pyrrole nitrogens is 2. The summed E-state index contributed by atoms with van der Waals surface area (Å²) in [6.45, 7) is 0. The maximum atomic E-state index is 13.4. The first-order chi connectivity index (χ1) is 14.6. The molecule has 1 aromatic carbocycles. The van der Waals surface area contributed by atoms with Gasteiger partial charge in [0.25, 0.3) is 5.56 Å². The lowest BCUT2D eigenvalue weighted by Crippen LogP contribution is -2.31. The fourth-order valence-corrected chi connectivity index (χ4v) is 5.43. The van der Waals surface area contributed by atoms with Crippen LogP contribution in [0.2, 0.25) is 0 Å². The van der Waals surface area contributed by atoms with Gasteiger partial charge >= 0.3 is 0 Å². The Morgan fingerprint density at radius 1 is 1.03 bits per heavy atom. The number of Topliss-reactive ketones (excluding diaryl/α,β-unsaturated/α-hetero) is 1. The molecule has 0 unspecified atom stereocenters. The van der Waals surface area contributed by atoms with Crippen molar-refractivity contribution in [3.05, 3.63) is 73.3 Å². The molecule has 0 fully saturated rings. The molecule has 8 heteroatoms. The van der Waals surface area contributed by atoms with Crippen LogP contribution in [0.1, 0.15) is 40.7 Å². The molecule has 7 nitrogen and oxygen atoms in total. The van der Waals surface area contributed by atoms with E-state index in [2.05, 4.69) is 21.6 Å². The summed E-state index contributed by atoms with van der Waals surface area (Å²) in [5.74, 6) is 1.32. The summed E-state index contributed by atoms with van der Waals surface area (Å²) in [5, 5.41) is 10.9. The highest BCUT2D eigenvalue weighted by Crippen LogP contribution is 2.50. The van der Waals surface area contributed by atoms with E-state index in [0.717, 1.165) is 11.3 Å². The van der Waals surface area contributed by atoms with Gasteiger partial charge in [-0.05, 0) is 23.9 Å². The molecule has 3 heterocycles. The average Bonchev–Trinajstić information content (AvgIpc) is 3.42. The standard InChI is InChI=1S/C22H21N3O4S/c1-28-15-6-3-5-12(20(15)29-2)17-18-13(23-21-19(17)22(27)25-24-21)9-11(10-14(18)26)16-7-4-8-30-16/h3-8,11,17H,9-10H2,1-2H3,(H3,23,24,25,27)/t11-,17-/m0/s1. The highest BCUT2D eigenvalue weighted by atomic mass is 32.1. The number of carbonyl (C=O) groups is 1. The van der Waals surface area contributed by atoms with Crippen LogP contribution in [-0.2, 0) is 4.79 Å². The number of rotatable bonds is 4. The van der Waals surface area contributed by atoms with Crippen LogP contribution in [-0.4, -0.2) is 30.2 Å². The first kappa shape index (κ1) is 18.7. The van der Waals surface area contributed by atoms with Crippen molar-refractivity contribution in [3.63, 3.8) is 0 Å². The van der Waals surface area contributed by atoms with Crippen LogP contribution < -0.4 is 20.3 Å². The van der Waals surface area contributed by atoms with E-state index < -0.39 is 5.92 Å². The van der Waals surface area contributed by atoms with Gasteiger partial charge in [0.1, 0.15) is 5.82 Å². The van der Waals surface area contributed by atoms with E-state index in [4.69, 9.17) is 9.47 Å². The second kappa shape index (κ2) is 7.21. The number of para-hydroxylation sites is 1. The molecule has 0 saturated heterocycles. The molecular formula is C22H21N3O4S. The first-order valence-electron chi connectivity index (χ1n) is 9.70. The third kappa shape index (κ3) is 2.79. The topological polar surface area (TPSA) is 96.2 Å². The molecule has 3 N–H and O–H groups in total. The molecule has 0 radical (unpaired) electrons. The number of benzene rings is 1. The predicted molar refractivity (Wildman–Crippen MR) is 115 cm³/mol. The van der Waals surface area contributed by atoms with Crippen LogP contribution in [0, 0.1) is 0 Å². The summed E-state index contributed by atoms with van der Waals surface area (Å²) in [7, 11) is 3.14. The van der Waals surface area contributed by atoms with Crippen LogP contribution in [0.3, 0.4) is 0 Å². The number of nitrogens with one attached hydrogen (secondary N) is 3. The number of allylic oxidation sites excluding steroid dienone is 2. The number of thiophene rings is 1. The number of methoxy groups -OCH3 is 2. The summed E-state index contributed by atoms with van der Waals surface area (Å²) in [5.41, 5.74) is 2.45. The quantitative estimate of drug-likeness (QED) is 0.594. The maximum absolute atomic E-state index is 13.4. The summed E-state index contributed by atoms with van der Waals surface area (Å²) < 4.78 is 11.1. The molecule has 3 aromatic rings. The number of fused-ring (bicyclic) bond motifs is 1. The number of hydrogen-bond acceptors (Lipinski definition) is 6. The highest BCUT2D eigenvalue weighted by molar-refractivity contribution is 7.10. The molecule has 154 valence electrons. The molecule has 0 saturated carbocycles. The van der Waals surface area contributed by atoms with Gasteiger partial charge in [-0.3, -0.25) is 19.8 Å². The van der Waals surface area contributed by atoms with E-state index >= 15 is 0 Å². The monoisotopic (exact) mass is 423 g/mol. The molecule has 2 aliphatic rings. The number of hydrogen-bond donors (Lipinski definition) is 3. The zero-order chi connectivity index (χ0) is 20.8. The second-order valence-electron chi connectivity index (χ2n) is 7.44. The zero-order valence-electron chi connectivity index (χ0n) is 16.6. The van der Waals surface area contributed by atoms with E-state index in [1.165, 1.54) is 4.88 Å². The number of aromatic amines is 2. The molecular weight excluding hydrogens is 402 g/mol. The molecule has 1 aliphatic carbocycles. The van der Waals surface area contributed by atoms with E-state index in [9.17, 15) is 9.59 Å². The van der Waals surface area contributed by atoms with Crippen LogP contribution in [0.15, 0.2) is 51.8 Å². The van der Waals surface area contributed by atoms with Crippen molar-refractivity contribution in [1.29, 1.82) is 0 Å². The molecule has 0 bridgehead atoms. The average molecular weight is 423 g/mol. The molecule has 0 amide bonds. The number of anilines is 1. The first-order valence-corrected chi connectivity index (χ1v) is 10.6. The molecule has 0 spiro atoms. The fourth-order valence-electron chi connectivity index (χ4n) is 4.60. The van der Waals surface area contributed by atoms with Crippen molar-refractivity contribution in [2.45, 2.75) is 24.7 Å². The summed E-state index contributed by atoms with van der Waals surface area (Å²) in [6.07, 6.45) is 1.12. The van der Waals surface area contributed by atoms with Crippen molar-refractivity contribution < 1.29 is 14.3 Å². The van der Waals surface area contributed by atoms with Crippen molar-refractivity contribution in [3.8, 4) is 11.5 Å². The summed E-state index contributed by atoms with van der Waals surface area (Å²) in [4.78, 5) is 27.3. The van der Waals surface area contributed by atoms with Gasteiger partial charge in [-0.25, -0.2) is 0 Å². The van der Waals surface area contributed by atoms with Gasteiger partial charge < -0.3 is 14.8 Å². The van der Waals surface area contributed by atoms with Gasteiger partial charge in [-0.2, -0.15) is 0 Å². The van der Waals surface area contributed by atoms with Crippen LogP contribution in [0.25, 0.3) is 0 Å². The Kier molecular flexibility index (Phi) is 4.51. The largest absolute Gasteiger partial charge is 0.493 e. The number of ether oxygens (including phenoxy) is 2. The molecule has 30 heavy (non-hydrogen) atoms. The van der Waals surface area contributed by atoms with Crippen LogP contribution in [0.4, 0.5) is 5.82 Å². The van der Waals surface area contributed by atoms with Crippen molar-refractivity contribution >= 4 is 22.9 Å². The minimum atomic E-state index is -0.534. The Balaban J connectivity index is 1.70. The molecule has 1 aliphatic heterocycles. The Labute approximate surface area is 176 Å². The lowest BCUT2D eigenvalue weighted by atomic mass is 9.73. The van der Waals surface area contributed by atoms with Crippen LogP contribution >= 0.6 is 11.3 Å². The van der Waals surface area contributed by atoms with E-state index in [0.29, 0.717) is 41.3 Å².